The molecule has 0 saturated carbocycles. The van der Waals surface area contributed by atoms with Crippen LogP contribution in [0.25, 0.3) is 0 Å². The van der Waals surface area contributed by atoms with E-state index in [1.165, 1.54) is 7.11 Å². The standard InChI is InChI=1S/C11H23NO4S/c1-3-12-11(10-4-5-16-8-10)9-17(13,14)7-6-15-2/h10-12H,3-9H2,1-2H3. The maximum atomic E-state index is 11.9. The minimum atomic E-state index is -3.05. The fourth-order valence-electron chi connectivity index (χ4n) is 2.06. The lowest BCUT2D eigenvalue weighted by Gasteiger charge is -2.23. The molecule has 1 saturated heterocycles. The highest BCUT2D eigenvalue weighted by atomic mass is 32.2. The lowest BCUT2D eigenvalue weighted by atomic mass is 10.0. The number of nitrogens with one attached hydrogen (secondary N) is 1. The van der Waals surface area contributed by atoms with Crippen LogP contribution in [0.2, 0.25) is 0 Å². The Bertz CT molecular complexity index is 299. The second kappa shape index (κ2) is 7.31. The van der Waals surface area contributed by atoms with E-state index in [1.807, 2.05) is 6.92 Å². The van der Waals surface area contributed by atoms with Crippen molar-refractivity contribution in [3.8, 4) is 0 Å². The van der Waals surface area contributed by atoms with Gasteiger partial charge in [0.15, 0.2) is 9.84 Å². The van der Waals surface area contributed by atoms with Gasteiger partial charge in [0, 0.05) is 25.7 Å². The average Bonchev–Trinajstić information content (AvgIpc) is 2.79. The normalized spacial score (nSPS) is 22.8. The van der Waals surface area contributed by atoms with Gasteiger partial charge in [-0.3, -0.25) is 0 Å². The first kappa shape index (κ1) is 14.9. The highest BCUT2D eigenvalue weighted by molar-refractivity contribution is 7.91. The molecule has 5 nitrogen and oxygen atoms in total. The van der Waals surface area contributed by atoms with Gasteiger partial charge < -0.3 is 14.8 Å². The van der Waals surface area contributed by atoms with Crippen LogP contribution in [0.3, 0.4) is 0 Å². The Balaban J connectivity index is 2.52. The molecule has 1 rings (SSSR count). The van der Waals surface area contributed by atoms with Crippen molar-refractivity contribution < 1.29 is 17.9 Å². The van der Waals surface area contributed by atoms with E-state index in [-0.39, 0.29) is 24.2 Å². The summed E-state index contributed by atoms with van der Waals surface area (Å²) in [6, 6.07) is 0.00403. The van der Waals surface area contributed by atoms with Gasteiger partial charge >= 0.3 is 0 Å². The van der Waals surface area contributed by atoms with Crippen molar-refractivity contribution in [3.63, 3.8) is 0 Å². The van der Waals surface area contributed by atoms with Gasteiger partial charge in [0.1, 0.15) is 0 Å². The molecule has 0 radical (unpaired) electrons. The SMILES string of the molecule is CCNC(CS(=O)(=O)CCOC)C1CCOC1. The summed E-state index contributed by atoms with van der Waals surface area (Å²) < 4.78 is 33.9. The highest BCUT2D eigenvalue weighted by Gasteiger charge is 2.29. The summed E-state index contributed by atoms with van der Waals surface area (Å²) in [6.07, 6.45) is 0.942. The number of ether oxygens (including phenoxy) is 2. The first-order chi connectivity index (χ1) is 8.09. The zero-order valence-corrected chi connectivity index (χ0v) is 11.5. The molecule has 2 atom stereocenters. The smallest absolute Gasteiger partial charge is 0.154 e. The van der Waals surface area contributed by atoms with E-state index in [0.29, 0.717) is 12.5 Å². The van der Waals surface area contributed by atoms with Gasteiger partial charge in [0.2, 0.25) is 0 Å². The molecular formula is C11H23NO4S. The molecule has 2 unspecified atom stereocenters. The van der Waals surface area contributed by atoms with Crippen LogP contribution >= 0.6 is 0 Å². The summed E-state index contributed by atoms with van der Waals surface area (Å²) in [5.41, 5.74) is 0. The number of hydrogen-bond donors (Lipinski definition) is 1. The monoisotopic (exact) mass is 265 g/mol. The predicted octanol–water partition coefficient (Wildman–Crippen LogP) is 0.0622. The minimum Gasteiger partial charge on any atom is -0.384 e. The van der Waals surface area contributed by atoms with E-state index >= 15 is 0 Å². The third-order valence-electron chi connectivity index (χ3n) is 3.03. The summed E-state index contributed by atoms with van der Waals surface area (Å²) in [6.45, 7) is 4.44. The molecule has 0 bridgehead atoms. The first-order valence-corrected chi connectivity index (χ1v) is 7.91. The number of hydrogen-bond acceptors (Lipinski definition) is 5. The van der Waals surface area contributed by atoms with Crippen molar-refractivity contribution in [3.05, 3.63) is 0 Å². The molecule has 1 heterocycles. The molecule has 0 aromatic carbocycles. The molecule has 0 aliphatic carbocycles. The van der Waals surface area contributed by atoms with Crippen molar-refractivity contribution in [1.29, 1.82) is 0 Å². The molecule has 1 aliphatic rings. The maximum absolute atomic E-state index is 11.9. The van der Waals surface area contributed by atoms with E-state index < -0.39 is 9.84 Å². The Labute approximate surface area is 104 Å². The summed E-state index contributed by atoms with van der Waals surface area (Å²) in [4.78, 5) is 0. The zero-order valence-electron chi connectivity index (χ0n) is 10.6. The van der Waals surface area contributed by atoms with Gasteiger partial charge in [-0.15, -0.1) is 0 Å². The van der Waals surface area contributed by atoms with Crippen molar-refractivity contribution in [2.75, 3.05) is 45.0 Å². The molecule has 6 heteroatoms. The van der Waals surface area contributed by atoms with Crippen LogP contribution in [0, 0.1) is 5.92 Å². The van der Waals surface area contributed by atoms with Gasteiger partial charge in [-0.1, -0.05) is 6.92 Å². The lowest BCUT2D eigenvalue weighted by Crippen LogP contribution is -2.42. The summed E-state index contributed by atoms with van der Waals surface area (Å²) in [5, 5.41) is 3.26. The van der Waals surface area contributed by atoms with Gasteiger partial charge in [0.05, 0.1) is 24.7 Å². The van der Waals surface area contributed by atoms with Crippen LogP contribution in [-0.2, 0) is 19.3 Å². The number of rotatable bonds is 8. The molecule has 0 amide bonds. The van der Waals surface area contributed by atoms with Crippen molar-refractivity contribution in [1.82, 2.24) is 5.32 Å². The van der Waals surface area contributed by atoms with Crippen LogP contribution < -0.4 is 5.32 Å². The van der Waals surface area contributed by atoms with Crippen molar-refractivity contribution in [2.45, 2.75) is 19.4 Å². The summed E-state index contributed by atoms with van der Waals surface area (Å²) >= 11 is 0. The van der Waals surface area contributed by atoms with E-state index in [4.69, 9.17) is 9.47 Å². The van der Waals surface area contributed by atoms with Gasteiger partial charge in [-0.05, 0) is 13.0 Å². The fourth-order valence-corrected chi connectivity index (χ4v) is 3.59. The topological polar surface area (TPSA) is 64.6 Å². The second-order valence-electron chi connectivity index (χ2n) is 4.40. The van der Waals surface area contributed by atoms with Gasteiger partial charge in [-0.25, -0.2) is 8.42 Å². The fraction of sp³-hybridized carbons (Fsp3) is 1.00. The Morgan fingerprint density at radius 3 is 2.82 bits per heavy atom. The quantitative estimate of drug-likeness (QED) is 0.672. The third kappa shape index (κ3) is 5.33. The van der Waals surface area contributed by atoms with Crippen LogP contribution in [0.4, 0.5) is 0 Å². The second-order valence-corrected chi connectivity index (χ2v) is 6.62. The third-order valence-corrected chi connectivity index (χ3v) is 4.69. The predicted molar refractivity (Wildman–Crippen MR) is 66.9 cm³/mol. The Morgan fingerprint density at radius 2 is 2.29 bits per heavy atom. The van der Waals surface area contributed by atoms with E-state index in [9.17, 15) is 8.42 Å². The Hall–Kier alpha value is -0.170. The summed E-state index contributed by atoms with van der Waals surface area (Å²) in [5.74, 6) is 0.587. The van der Waals surface area contributed by atoms with Crippen LogP contribution in [0.15, 0.2) is 0 Å². The van der Waals surface area contributed by atoms with E-state index in [2.05, 4.69) is 5.32 Å². The van der Waals surface area contributed by atoms with Crippen molar-refractivity contribution >= 4 is 9.84 Å². The van der Waals surface area contributed by atoms with E-state index in [0.717, 1.165) is 19.6 Å². The summed E-state index contributed by atoms with van der Waals surface area (Å²) in [7, 11) is -1.53. The van der Waals surface area contributed by atoms with E-state index in [1.54, 1.807) is 0 Å². The Morgan fingerprint density at radius 1 is 1.53 bits per heavy atom. The molecule has 102 valence electrons. The molecule has 0 spiro atoms. The lowest BCUT2D eigenvalue weighted by molar-refractivity contribution is 0.179. The van der Waals surface area contributed by atoms with Crippen molar-refractivity contribution in [2.24, 2.45) is 5.92 Å². The largest absolute Gasteiger partial charge is 0.384 e. The molecule has 17 heavy (non-hydrogen) atoms. The Kier molecular flexibility index (Phi) is 6.40. The van der Waals surface area contributed by atoms with Crippen LogP contribution in [0.5, 0.6) is 0 Å². The minimum absolute atomic E-state index is 0.00403. The first-order valence-electron chi connectivity index (χ1n) is 6.09. The maximum Gasteiger partial charge on any atom is 0.154 e. The van der Waals surface area contributed by atoms with Gasteiger partial charge in [-0.2, -0.15) is 0 Å². The van der Waals surface area contributed by atoms with Crippen LogP contribution in [0.1, 0.15) is 13.3 Å². The molecular weight excluding hydrogens is 242 g/mol. The average molecular weight is 265 g/mol. The van der Waals surface area contributed by atoms with Crippen LogP contribution in [-0.4, -0.2) is 59.4 Å². The zero-order chi connectivity index (χ0) is 12.7. The molecule has 1 aliphatic heterocycles. The molecule has 0 aromatic rings. The molecule has 1 N–H and O–H groups in total. The molecule has 0 aromatic heterocycles. The number of methoxy groups -OCH3 is 1. The highest BCUT2D eigenvalue weighted by Crippen LogP contribution is 2.18. The molecule has 1 fully saturated rings. The van der Waals surface area contributed by atoms with Gasteiger partial charge in [0.25, 0.3) is 0 Å². The number of sulfone groups is 1.